The minimum Gasteiger partial charge on any atom is -0.457 e. The van der Waals surface area contributed by atoms with Crippen LogP contribution in [0.15, 0.2) is 41.7 Å². The van der Waals surface area contributed by atoms with Crippen LogP contribution >= 0.6 is 0 Å². The molecule has 15 nitrogen and oxygen atoms in total. The Morgan fingerprint density at radius 2 is 1.75 bits per heavy atom. The van der Waals surface area contributed by atoms with Gasteiger partial charge in [0.05, 0.1) is 35.1 Å². The minimum absolute atomic E-state index is 0.0779. The SMILES string of the molecule is CC[C@H]1OC(=O)[C@H](C)C(=O)[C@H](C)[C@@H](O[C@@H]2O[C@H](C)C[C@H](N(C)C)[C@H]2OC(C)=O)[C@](C)(OC)C[C@@H](C)/C(=N\OCC#Cc2ccnc3ccccc23)[C@H](C)[C@H]2OC(=O)O[C@@]21C. The van der Waals surface area contributed by atoms with Crippen LogP contribution in [0, 0.1) is 35.5 Å². The molecular weight excluding hydrogens is 775 g/mol. The van der Waals surface area contributed by atoms with Gasteiger partial charge in [0.1, 0.15) is 12.0 Å². The highest BCUT2D eigenvalue weighted by atomic mass is 16.8. The first-order valence-electron chi connectivity index (χ1n) is 20.7. The van der Waals surface area contributed by atoms with Crippen LogP contribution in [0.25, 0.3) is 10.9 Å². The fourth-order valence-electron chi connectivity index (χ4n) is 9.01. The van der Waals surface area contributed by atoms with Gasteiger partial charge < -0.3 is 42.9 Å². The van der Waals surface area contributed by atoms with Gasteiger partial charge in [0.25, 0.3) is 0 Å². The number of esters is 2. The number of fused-ring (bicyclic) bond motifs is 2. The number of carbonyl (C=O) groups is 4. The molecule has 1 aromatic carbocycles. The molecule has 2 aromatic rings. The number of Topliss-reactive ketones (excluding diaryl/α,β-unsaturated/α-hetero) is 1. The lowest BCUT2D eigenvalue weighted by Gasteiger charge is -2.47. The van der Waals surface area contributed by atoms with Gasteiger partial charge >= 0.3 is 18.1 Å². The van der Waals surface area contributed by atoms with Crippen LogP contribution in [0.5, 0.6) is 0 Å². The number of aromatic nitrogens is 1. The molecule has 13 atom stereocenters. The molecule has 328 valence electrons. The van der Waals surface area contributed by atoms with Crippen molar-refractivity contribution in [1.82, 2.24) is 9.88 Å². The highest BCUT2D eigenvalue weighted by molar-refractivity contribution is 6.00. The summed E-state index contributed by atoms with van der Waals surface area (Å²) in [6.07, 6.45) is -3.54. The van der Waals surface area contributed by atoms with E-state index in [9.17, 15) is 19.2 Å². The number of rotatable bonds is 8. The maximum atomic E-state index is 14.5. The first-order chi connectivity index (χ1) is 28.3. The van der Waals surface area contributed by atoms with Crippen molar-refractivity contribution in [2.45, 2.75) is 136 Å². The van der Waals surface area contributed by atoms with E-state index in [1.165, 1.54) is 21.0 Å². The van der Waals surface area contributed by atoms with Crippen molar-refractivity contribution in [3.05, 3.63) is 42.1 Å². The summed E-state index contributed by atoms with van der Waals surface area (Å²) in [5.74, 6) is 1.04. The number of oxime groups is 1. The predicted molar refractivity (Wildman–Crippen MR) is 220 cm³/mol. The van der Waals surface area contributed by atoms with Gasteiger partial charge in [-0.25, -0.2) is 4.79 Å². The zero-order chi connectivity index (χ0) is 44.1. The molecule has 0 amide bonds. The fraction of sp³-hybridized carbons (Fsp3) is 0.644. The summed E-state index contributed by atoms with van der Waals surface area (Å²) in [4.78, 5) is 66.1. The van der Waals surface area contributed by atoms with E-state index in [1.807, 2.05) is 77.0 Å². The van der Waals surface area contributed by atoms with Crippen LogP contribution in [0.4, 0.5) is 4.79 Å². The summed E-state index contributed by atoms with van der Waals surface area (Å²) in [5.41, 5.74) is -0.658. The van der Waals surface area contributed by atoms with Crippen molar-refractivity contribution < 1.29 is 57.2 Å². The Hall–Kier alpha value is -4.62. The van der Waals surface area contributed by atoms with Crippen LogP contribution in [0.2, 0.25) is 0 Å². The molecule has 60 heavy (non-hydrogen) atoms. The van der Waals surface area contributed by atoms with Gasteiger partial charge in [-0.15, -0.1) is 0 Å². The molecular formula is C45H61N3O12. The molecule has 0 aliphatic carbocycles. The van der Waals surface area contributed by atoms with Gasteiger partial charge in [-0.1, -0.05) is 62.9 Å². The molecule has 0 spiro atoms. The third-order valence-corrected chi connectivity index (χ3v) is 12.3. The number of pyridine rings is 1. The number of hydrogen-bond donors (Lipinski definition) is 0. The largest absolute Gasteiger partial charge is 0.509 e. The summed E-state index contributed by atoms with van der Waals surface area (Å²) in [5, 5.41) is 5.56. The molecule has 4 heterocycles. The molecule has 3 aliphatic heterocycles. The zero-order valence-electron chi connectivity index (χ0n) is 36.9. The molecule has 0 bridgehead atoms. The van der Waals surface area contributed by atoms with Crippen LogP contribution in [-0.2, 0) is 52.4 Å². The Balaban J connectivity index is 1.58. The second-order valence-electron chi connectivity index (χ2n) is 16.9. The van der Waals surface area contributed by atoms with Crippen molar-refractivity contribution in [3.8, 4) is 11.8 Å². The smallest absolute Gasteiger partial charge is 0.457 e. The number of methoxy groups -OCH3 is 1. The summed E-state index contributed by atoms with van der Waals surface area (Å²) < 4.78 is 43.1. The van der Waals surface area contributed by atoms with E-state index in [2.05, 4.69) is 22.0 Å². The van der Waals surface area contributed by atoms with Gasteiger partial charge in [-0.3, -0.25) is 19.4 Å². The quantitative estimate of drug-likeness (QED) is 0.0772. The fourth-order valence-corrected chi connectivity index (χ4v) is 9.01. The van der Waals surface area contributed by atoms with Crippen LogP contribution in [-0.4, -0.2) is 121 Å². The molecule has 3 fully saturated rings. The third-order valence-electron chi connectivity index (χ3n) is 12.3. The molecule has 0 N–H and O–H groups in total. The predicted octanol–water partition coefficient (Wildman–Crippen LogP) is 5.88. The lowest BCUT2D eigenvalue weighted by molar-refractivity contribution is -0.297. The summed E-state index contributed by atoms with van der Waals surface area (Å²) in [7, 11) is 5.29. The van der Waals surface area contributed by atoms with Crippen molar-refractivity contribution in [1.29, 1.82) is 0 Å². The van der Waals surface area contributed by atoms with E-state index >= 15 is 0 Å². The van der Waals surface area contributed by atoms with E-state index in [4.69, 9.17) is 38.0 Å². The molecule has 5 rings (SSSR count). The number of likely N-dealkylation sites (N-methyl/N-ethyl adjacent to an activating group) is 1. The monoisotopic (exact) mass is 835 g/mol. The summed E-state index contributed by atoms with van der Waals surface area (Å²) in [6.45, 7) is 15.3. The van der Waals surface area contributed by atoms with Crippen molar-refractivity contribution in [2.75, 3.05) is 27.8 Å². The zero-order valence-corrected chi connectivity index (χ0v) is 36.9. The summed E-state index contributed by atoms with van der Waals surface area (Å²) in [6, 6.07) is 9.26. The van der Waals surface area contributed by atoms with E-state index in [0.717, 1.165) is 16.5 Å². The van der Waals surface area contributed by atoms with Gasteiger partial charge in [-0.2, -0.15) is 0 Å². The van der Waals surface area contributed by atoms with E-state index in [0.29, 0.717) is 12.1 Å². The lowest BCUT2D eigenvalue weighted by atomic mass is 9.74. The Bertz CT molecular complexity index is 1970. The molecule has 0 unspecified atom stereocenters. The number of carbonyl (C=O) groups excluding carboxylic acids is 4. The average molecular weight is 836 g/mol. The normalized spacial score (nSPS) is 36.0. The maximum Gasteiger partial charge on any atom is 0.509 e. The van der Waals surface area contributed by atoms with Crippen molar-refractivity contribution in [3.63, 3.8) is 0 Å². The topological polar surface area (TPSA) is 171 Å². The highest BCUT2D eigenvalue weighted by Gasteiger charge is 2.59. The van der Waals surface area contributed by atoms with Crippen LogP contribution < -0.4 is 0 Å². The first-order valence-corrected chi connectivity index (χ1v) is 20.7. The highest BCUT2D eigenvalue weighted by Crippen LogP contribution is 2.42. The first kappa shape index (κ1) is 46.4. The Morgan fingerprint density at radius 1 is 1.03 bits per heavy atom. The van der Waals surface area contributed by atoms with Crippen molar-refractivity contribution in [2.24, 2.45) is 28.8 Å². The molecule has 0 radical (unpaired) electrons. The second-order valence-corrected chi connectivity index (χ2v) is 16.9. The molecule has 15 heteroatoms. The van der Waals surface area contributed by atoms with Gasteiger partial charge in [0.15, 0.2) is 36.5 Å². The average Bonchev–Trinajstić information content (AvgIpc) is 3.53. The van der Waals surface area contributed by atoms with Crippen LogP contribution in [0.1, 0.15) is 87.1 Å². The number of para-hydroxylation sites is 1. The van der Waals surface area contributed by atoms with E-state index < -0.39 is 89.5 Å². The standard InChI is InChI=1S/C45H61N3O12/c1-13-35-45(9)40(59-43(52)60-45)27(4)36(47-54-22-16-17-31-20-21-46-33-19-15-14-18-32(31)33)25(2)24-44(8,53-12)39(28(5)37(50)29(6)41(51)57-35)58-42-38(56-30(7)49)34(48(10)11)23-26(3)55-42/h14-15,18-21,25-29,34-35,38-40,42H,13,22-24H2,1-12H3/b47-36+/t25-,26-,27+,28+,29-,34+,35-,38-,39-,40-,42+,44-,45-/m1/s1. The number of cyclic esters (lactones) is 1. The summed E-state index contributed by atoms with van der Waals surface area (Å²) >= 11 is 0. The van der Waals surface area contributed by atoms with Crippen LogP contribution in [0.3, 0.4) is 0 Å². The molecule has 0 saturated carbocycles. The maximum absolute atomic E-state index is 14.5. The van der Waals surface area contributed by atoms with Gasteiger partial charge in [0, 0.05) is 48.9 Å². The van der Waals surface area contributed by atoms with E-state index in [1.54, 1.807) is 27.0 Å². The lowest BCUT2D eigenvalue weighted by Crippen LogP contribution is -2.60. The number of ketones is 1. The minimum atomic E-state index is -1.46. The van der Waals surface area contributed by atoms with Crippen molar-refractivity contribution >= 4 is 40.5 Å². The number of ether oxygens (including phenoxy) is 7. The Kier molecular flexibility index (Phi) is 15.0. The van der Waals surface area contributed by atoms with E-state index in [-0.39, 0.29) is 31.6 Å². The third kappa shape index (κ3) is 9.94. The molecule has 3 aliphatic rings. The number of hydrogen-bond acceptors (Lipinski definition) is 15. The number of benzene rings is 1. The van der Waals surface area contributed by atoms with Gasteiger partial charge in [0.2, 0.25) is 0 Å². The Morgan fingerprint density at radius 3 is 2.42 bits per heavy atom. The Labute approximate surface area is 353 Å². The molecule has 1 aromatic heterocycles. The molecule has 3 saturated heterocycles. The second kappa shape index (κ2) is 19.4. The van der Waals surface area contributed by atoms with Gasteiger partial charge in [-0.05, 0) is 73.2 Å². The number of nitrogens with zero attached hydrogens (tertiary/aromatic N) is 3.